The Balaban J connectivity index is 1.72. The van der Waals surface area contributed by atoms with Crippen LogP contribution in [0.3, 0.4) is 0 Å². The summed E-state index contributed by atoms with van der Waals surface area (Å²) in [7, 11) is 0. The van der Waals surface area contributed by atoms with Gasteiger partial charge in [0.2, 0.25) is 5.91 Å². The Bertz CT molecular complexity index is 222. The van der Waals surface area contributed by atoms with Gasteiger partial charge in [-0.05, 0) is 38.5 Å². The van der Waals surface area contributed by atoms with Crippen molar-refractivity contribution in [3.8, 4) is 0 Å². The summed E-state index contributed by atoms with van der Waals surface area (Å²) < 4.78 is 0.383. The third-order valence-corrected chi connectivity index (χ3v) is 4.62. The van der Waals surface area contributed by atoms with Gasteiger partial charge in [0.25, 0.3) is 0 Å². The number of amides is 1. The molecule has 3 nitrogen and oxygen atoms in total. The van der Waals surface area contributed by atoms with Gasteiger partial charge in [-0.2, -0.15) is 11.8 Å². The summed E-state index contributed by atoms with van der Waals surface area (Å²) in [4.78, 5) is 11.7. The second kappa shape index (κ2) is 4.11. The van der Waals surface area contributed by atoms with Gasteiger partial charge in [0.15, 0.2) is 0 Å². The highest BCUT2D eigenvalue weighted by molar-refractivity contribution is 8.00. The lowest BCUT2D eigenvalue weighted by atomic mass is 10.2. The summed E-state index contributed by atoms with van der Waals surface area (Å²) in [6, 6.07) is 0.0765. The number of thioether (sulfide) groups is 1. The fraction of sp³-hybridized carbons (Fsp3) is 0.900. The van der Waals surface area contributed by atoms with Crippen molar-refractivity contribution in [2.45, 2.75) is 36.5 Å². The molecule has 0 spiro atoms. The molecular weight excluding hydrogens is 196 g/mol. The summed E-state index contributed by atoms with van der Waals surface area (Å²) in [6.07, 6.45) is 6.77. The maximum atomic E-state index is 11.7. The highest BCUT2D eigenvalue weighted by atomic mass is 32.2. The zero-order valence-corrected chi connectivity index (χ0v) is 9.45. The number of rotatable bonds is 4. The summed E-state index contributed by atoms with van der Waals surface area (Å²) >= 11 is 1.89. The van der Waals surface area contributed by atoms with Crippen LogP contribution in [0.25, 0.3) is 0 Å². The number of hydrogen-bond acceptors (Lipinski definition) is 3. The maximum absolute atomic E-state index is 11.7. The second-order valence-electron chi connectivity index (χ2n) is 4.25. The predicted octanol–water partition coefficient (Wildman–Crippen LogP) is 0.750. The van der Waals surface area contributed by atoms with Crippen molar-refractivity contribution in [1.82, 2.24) is 10.6 Å². The van der Waals surface area contributed by atoms with E-state index >= 15 is 0 Å². The lowest BCUT2D eigenvalue weighted by molar-refractivity contribution is -0.122. The van der Waals surface area contributed by atoms with Crippen molar-refractivity contribution < 1.29 is 4.79 Å². The highest BCUT2D eigenvalue weighted by Crippen LogP contribution is 2.46. The molecule has 0 radical (unpaired) electrons. The van der Waals surface area contributed by atoms with E-state index in [2.05, 4.69) is 16.9 Å². The molecule has 0 aromatic rings. The normalized spacial score (nSPS) is 28.8. The SMILES string of the molecule is CSC1(CNC(=O)[C@@H]2CCCN2)CC1. The zero-order valence-electron chi connectivity index (χ0n) is 8.64. The topological polar surface area (TPSA) is 41.1 Å². The van der Waals surface area contributed by atoms with Crippen molar-refractivity contribution >= 4 is 17.7 Å². The predicted molar refractivity (Wildman–Crippen MR) is 59.5 cm³/mol. The van der Waals surface area contributed by atoms with E-state index in [-0.39, 0.29) is 11.9 Å². The van der Waals surface area contributed by atoms with Crippen LogP contribution in [0.15, 0.2) is 0 Å². The van der Waals surface area contributed by atoms with E-state index in [1.807, 2.05) is 11.8 Å². The van der Waals surface area contributed by atoms with Gasteiger partial charge in [-0.25, -0.2) is 0 Å². The molecule has 1 heterocycles. The van der Waals surface area contributed by atoms with E-state index in [1.54, 1.807) is 0 Å². The average molecular weight is 214 g/mol. The molecule has 1 atom stereocenters. The number of hydrogen-bond donors (Lipinski definition) is 2. The van der Waals surface area contributed by atoms with Crippen LogP contribution >= 0.6 is 11.8 Å². The Morgan fingerprint density at radius 3 is 2.93 bits per heavy atom. The van der Waals surface area contributed by atoms with Gasteiger partial charge in [-0.1, -0.05) is 0 Å². The molecule has 2 aliphatic rings. The summed E-state index contributed by atoms with van der Waals surface area (Å²) in [5, 5.41) is 6.27. The summed E-state index contributed by atoms with van der Waals surface area (Å²) in [6.45, 7) is 1.84. The number of nitrogens with one attached hydrogen (secondary N) is 2. The minimum absolute atomic E-state index is 0.0765. The first-order valence-corrected chi connectivity index (χ1v) is 6.54. The van der Waals surface area contributed by atoms with Crippen LogP contribution in [0.5, 0.6) is 0 Å². The first-order chi connectivity index (χ1) is 6.76. The van der Waals surface area contributed by atoms with E-state index in [4.69, 9.17) is 0 Å². The van der Waals surface area contributed by atoms with Crippen LogP contribution in [0.2, 0.25) is 0 Å². The average Bonchev–Trinajstić information content (AvgIpc) is 2.78. The van der Waals surface area contributed by atoms with Crippen LogP contribution in [0.1, 0.15) is 25.7 Å². The second-order valence-corrected chi connectivity index (χ2v) is 5.53. The third-order valence-electron chi connectivity index (χ3n) is 3.20. The molecule has 1 aliphatic heterocycles. The summed E-state index contributed by atoms with van der Waals surface area (Å²) in [5.41, 5.74) is 0. The molecule has 0 aromatic carbocycles. The van der Waals surface area contributed by atoms with E-state index in [0.717, 1.165) is 25.9 Å². The van der Waals surface area contributed by atoms with Crippen molar-refractivity contribution in [2.75, 3.05) is 19.3 Å². The minimum atomic E-state index is 0.0765. The standard InChI is InChI=1S/C10H18N2OS/c1-14-10(4-5-10)7-12-9(13)8-3-2-6-11-8/h8,11H,2-7H2,1H3,(H,12,13)/t8-/m0/s1. The number of carbonyl (C=O) groups excluding carboxylic acids is 1. The molecule has 80 valence electrons. The van der Waals surface area contributed by atoms with Crippen molar-refractivity contribution in [3.63, 3.8) is 0 Å². The van der Waals surface area contributed by atoms with Crippen molar-refractivity contribution in [2.24, 2.45) is 0 Å². The molecule has 2 rings (SSSR count). The molecule has 1 saturated carbocycles. The smallest absolute Gasteiger partial charge is 0.237 e. The molecule has 2 N–H and O–H groups in total. The van der Waals surface area contributed by atoms with Crippen molar-refractivity contribution in [1.29, 1.82) is 0 Å². The van der Waals surface area contributed by atoms with Gasteiger partial charge in [0.1, 0.15) is 0 Å². The van der Waals surface area contributed by atoms with Gasteiger partial charge >= 0.3 is 0 Å². The Morgan fingerprint density at radius 2 is 2.43 bits per heavy atom. The van der Waals surface area contributed by atoms with Gasteiger partial charge in [-0.3, -0.25) is 4.79 Å². The molecule has 1 saturated heterocycles. The molecule has 2 fully saturated rings. The van der Waals surface area contributed by atoms with Gasteiger partial charge in [0.05, 0.1) is 6.04 Å². The van der Waals surface area contributed by atoms with Gasteiger partial charge in [-0.15, -0.1) is 0 Å². The third kappa shape index (κ3) is 2.23. The van der Waals surface area contributed by atoms with Gasteiger partial charge < -0.3 is 10.6 Å². The van der Waals surface area contributed by atoms with Crippen LogP contribution in [-0.4, -0.2) is 36.0 Å². The molecule has 1 aliphatic carbocycles. The fourth-order valence-electron chi connectivity index (χ4n) is 1.87. The van der Waals surface area contributed by atoms with Crippen LogP contribution < -0.4 is 10.6 Å². The quantitative estimate of drug-likeness (QED) is 0.725. The van der Waals surface area contributed by atoms with E-state index in [1.165, 1.54) is 12.8 Å². The molecule has 0 bridgehead atoms. The molecule has 14 heavy (non-hydrogen) atoms. The molecule has 4 heteroatoms. The van der Waals surface area contributed by atoms with Crippen molar-refractivity contribution in [3.05, 3.63) is 0 Å². The first kappa shape index (κ1) is 10.3. The van der Waals surface area contributed by atoms with Crippen LogP contribution in [0.4, 0.5) is 0 Å². The Kier molecular flexibility index (Phi) is 3.02. The van der Waals surface area contributed by atoms with E-state index in [9.17, 15) is 4.79 Å². The highest BCUT2D eigenvalue weighted by Gasteiger charge is 2.42. The van der Waals surface area contributed by atoms with E-state index < -0.39 is 0 Å². The largest absolute Gasteiger partial charge is 0.353 e. The first-order valence-electron chi connectivity index (χ1n) is 5.32. The fourth-order valence-corrected chi connectivity index (χ4v) is 2.60. The van der Waals surface area contributed by atoms with Gasteiger partial charge in [0, 0.05) is 11.3 Å². The molecule has 1 amide bonds. The Labute approximate surface area is 89.4 Å². The van der Waals surface area contributed by atoms with E-state index in [0.29, 0.717) is 4.75 Å². The molecular formula is C10H18N2OS. The molecule has 0 unspecified atom stereocenters. The Morgan fingerprint density at radius 1 is 1.64 bits per heavy atom. The van der Waals surface area contributed by atoms with Crippen LogP contribution in [-0.2, 0) is 4.79 Å². The molecule has 0 aromatic heterocycles. The minimum Gasteiger partial charge on any atom is -0.353 e. The lowest BCUT2D eigenvalue weighted by Crippen LogP contribution is -2.43. The lowest BCUT2D eigenvalue weighted by Gasteiger charge is -2.15. The zero-order chi connectivity index (χ0) is 10.0. The van der Waals surface area contributed by atoms with Crippen LogP contribution in [0, 0.1) is 0 Å². The monoisotopic (exact) mass is 214 g/mol. The number of carbonyl (C=O) groups is 1. The summed E-state index contributed by atoms with van der Waals surface area (Å²) in [5.74, 6) is 0.197. The maximum Gasteiger partial charge on any atom is 0.237 e. The Hall–Kier alpha value is -0.220.